The zero-order valence-electron chi connectivity index (χ0n) is 17.5. The monoisotopic (exact) mass is 407 g/mol. The van der Waals surface area contributed by atoms with E-state index in [0.717, 1.165) is 37.0 Å². The molecule has 1 saturated heterocycles. The first-order valence-electron chi connectivity index (χ1n) is 10.7. The summed E-state index contributed by atoms with van der Waals surface area (Å²) in [7, 11) is 1.64. The van der Waals surface area contributed by atoms with E-state index in [-0.39, 0.29) is 23.1 Å². The smallest absolute Gasteiger partial charge is 0.254 e. The highest BCUT2D eigenvalue weighted by molar-refractivity contribution is 5.95. The molecule has 1 aromatic carbocycles. The zero-order valence-corrected chi connectivity index (χ0v) is 17.5. The van der Waals surface area contributed by atoms with Crippen LogP contribution in [0.15, 0.2) is 48.8 Å². The van der Waals surface area contributed by atoms with Gasteiger partial charge in [-0.2, -0.15) is 0 Å². The predicted molar refractivity (Wildman–Crippen MR) is 114 cm³/mol. The van der Waals surface area contributed by atoms with Gasteiger partial charge in [-0.3, -0.25) is 14.6 Å². The van der Waals surface area contributed by atoms with Crippen LogP contribution < -0.4 is 10.1 Å². The predicted octanol–water partition coefficient (Wildman–Crippen LogP) is 3.43. The van der Waals surface area contributed by atoms with Crippen LogP contribution >= 0.6 is 0 Å². The molecule has 2 aliphatic rings. The van der Waals surface area contributed by atoms with Crippen molar-refractivity contribution in [1.82, 2.24) is 15.2 Å². The fraction of sp³-hybridized carbons (Fsp3) is 0.458. The number of hydrogen-bond acceptors (Lipinski definition) is 4. The van der Waals surface area contributed by atoms with Crippen molar-refractivity contribution in [2.45, 2.75) is 38.6 Å². The molecule has 1 N–H and O–H groups in total. The molecule has 2 fully saturated rings. The van der Waals surface area contributed by atoms with Crippen LogP contribution in [0, 0.1) is 11.3 Å². The summed E-state index contributed by atoms with van der Waals surface area (Å²) in [5, 5.41) is 3.12. The number of likely N-dealkylation sites (tertiary alicyclic amines) is 1. The molecule has 2 heterocycles. The van der Waals surface area contributed by atoms with Gasteiger partial charge in [-0.25, -0.2) is 0 Å². The number of ether oxygens (including phenoxy) is 1. The number of aromatic nitrogens is 1. The van der Waals surface area contributed by atoms with Crippen molar-refractivity contribution >= 4 is 11.8 Å². The number of carbonyl (C=O) groups excluding carboxylic acids is 2. The number of benzene rings is 1. The molecule has 2 amide bonds. The molecule has 0 bridgehead atoms. The van der Waals surface area contributed by atoms with Gasteiger partial charge < -0.3 is 15.0 Å². The Morgan fingerprint density at radius 2 is 1.87 bits per heavy atom. The Labute approximate surface area is 177 Å². The molecule has 1 aliphatic heterocycles. The fourth-order valence-electron chi connectivity index (χ4n) is 5.08. The number of carbonyl (C=O) groups is 2. The van der Waals surface area contributed by atoms with Gasteiger partial charge in [-0.15, -0.1) is 0 Å². The van der Waals surface area contributed by atoms with Gasteiger partial charge in [-0.1, -0.05) is 37.5 Å². The number of nitrogens with zero attached hydrogens (tertiary/aromatic N) is 2. The normalized spacial score (nSPS) is 20.2. The van der Waals surface area contributed by atoms with E-state index in [1.54, 1.807) is 31.6 Å². The summed E-state index contributed by atoms with van der Waals surface area (Å²) in [5.41, 5.74) is 1.46. The van der Waals surface area contributed by atoms with Crippen LogP contribution in [0.1, 0.15) is 48.0 Å². The Balaban J connectivity index is 1.50. The maximum atomic E-state index is 13.3. The van der Waals surface area contributed by atoms with E-state index in [2.05, 4.69) is 10.3 Å². The van der Waals surface area contributed by atoms with E-state index in [1.165, 1.54) is 6.42 Å². The van der Waals surface area contributed by atoms with Gasteiger partial charge in [0.05, 0.1) is 13.0 Å². The summed E-state index contributed by atoms with van der Waals surface area (Å²) in [5.74, 6) is 0.611. The van der Waals surface area contributed by atoms with E-state index in [4.69, 9.17) is 4.74 Å². The lowest BCUT2D eigenvalue weighted by atomic mass is 9.67. The van der Waals surface area contributed by atoms with Gasteiger partial charge in [0.15, 0.2) is 0 Å². The molecular weight excluding hydrogens is 378 g/mol. The molecule has 1 aliphatic carbocycles. The first kappa shape index (κ1) is 20.4. The van der Waals surface area contributed by atoms with Gasteiger partial charge in [0.2, 0.25) is 5.91 Å². The van der Waals surface area contributed by atoms with Crippen molar-refractivity contribution in [2.75, 3.05) is 20.2 Å². The molecule has 158 valence electrons. The molecule has 1 atom stereocenters. The fourth-order valence-corrected chi connectivity index (χ4v) is 5.08. The first-order chi connectivity index (χ1) is 14.6. The van der Waals surface area contributed by atoms with E-state index in [0.29, 0.717) is 25.2 Å². The molecule has 6 heteroatoms. The Hall–Kier alpha value is -2.89. The lowest BCUT2D eigenvalue weighted by Crippen LogP contribution is -2.42. The van der Waals surface area contributed by atoms with Gasteiger partial charge in [0, 0.05) is 48.6 Å². The van der Waals surface area contributed by atoms with Gasteiger partial charge in [-0.05, 0) is 31.0 Å². The summed E-state index contributed by atoms with van der Waals surface area (Å²) >= 11 is 0. The van der Waals surface area contributed by atoms with E-state index in [9.17, 15) is 9.59 Å². The maximum Gasteiger partial charge on any atom is 0.254 e. The summed E-state index contributed by atoms with van der Waals surface area (Å²) in [6, 6.07) is 11.2. The van der Waals surface area contributed by atoms with Crippen molar-refractivity contribution in [3.8, 4) is 5.75 Å². The third kappa shape index (κ3) is 4.04. The standard InChI is InChI=1S/C24H29N3O3/c1-30-21-8-4-3-7-19(21)15-26-22(28)20-16-27(17-24(20)11-5-2-6-12-24)23(29)18-9-13-25-14-10-18/h3-4,7-10,13-14,20H,2,5-6,11-12,15-17H2,1H3,(H,26,28). The highest BCUT2D eigenvalue weighted by Gasteiger charge is 2.51. The minimum atomic E-state index is -0.182. The first-order valence-corrected chi connectivity index (χ1v) is 10.7. The molecular formula is C24H29N3O3. The van der Waals surface area contributed by atoms with Crippen molar-refractivity contribution < 1.29 is 14.3 Å². The maximum absolute atomic E-state index is 13.3. The zero-order chi connectivity index (χ0) is 21.0. The number of pyridine rings is 1. The second-order valence-electron chi connectivity index (χ2n) is 8.43. The number of rotatable bonds is 5. The Morgan fingerprint density at radius 1 is 1.13 bits per heavy atom. The number of methoxy groups -OCH3 is 1. The molecule has 1 unspecified atom stereocenters. The minimum Gasteiger partial charge on any atom is -0.496 e. The molecule has 6 nitrogen and oxygen atoms in total. The van der Waals surface area contributed by atoms with Gasteiger partial charge >= 0.3 is 0 Å². The topological polar surface area (TPSA) is 71.5 Å². The highest BCUT2D eigenvalue weighted by Crippen LogP contribution is 2.48. The van der Waals surface area contributed by atoms with Crippen LogP contribution in [0.2, 0.25) is 0 Å². The average Bonchev–Trinajstić information content (AvgIpc) is 3.16. The molecule has 1 spiro atoms. The summed E-state index contributed by atoms with van der Waals surface area (Å²) in [4.78, 5) is 32.2. The van der Waals surface area contributed by atoms with E-state index >= 15 is 0 Å². The molecule has 0 radical (unpaired) electrons. The average molecular weight is 408 g/mol. The SMILES string of the molecule is COc1ccccc1CNC(=O)C1CN(C(=O)c2ccncc2)CC12CCCCC2. The van der Waals surface area contributed by atoms with E-state index < -0.39 is 0 Å². The molecule has 1 aromatic heterocycles. The van der Waals surface area contributed by atoms with Crippen LogP contribution in [0.5, 0.6) is 5.75 Å². The lowest BCUT2D eigenvalue weighted by Gasteiger charge is -2.37. The van der Waals surface area contributed by atoms with Crippen LogP contribution in [0.3, 0.4) is 0 Å². The van der Waals surface area contributed by atoms with Crippen LogP contribution in [-0.2, 0) is 11.3 Å². The van der Waals surface area contributed by atoms with Crippen molar-refractivity contribution in [3.05, 3.63) is 59.9 Å². The number of hydrogen-bond donors (Lipinski definition) is 1. The molecule has 4 rings (SSSR count). The second-order valence-corrected chi connectivity index (χ2v) is 8.43. The van der Waals surface area contributed by atoms with Crippen molar-refractivity contribution in [2.24, 2.45) is 11.3 Å². The third-order valence-corrected chi connectivity index (χ3v) is 6.67. The van der Waals surface area contributed by atoms with E-state index in [1.807, 2.05) is 29.2 Å². The highest BCUT2D eigenvalue weighted by atomic mass is 16.5. The minimum absolute atomic E-state index is 0.0117. The van der Waals surface area contributed by atoms with Gasteiger partial charge in [0.1, 0.15) is 5.75 Å². The molecule has 1 saturated carbocycles. The quantitative estimate of drug-likeness (QED) is 0.824. The van der Waals surface area contributed by atoms with Crippen LogP contribution in [0.25, 0.3) is 0 Å². The second kappa shape index (κ2) is 8.86. The Morgan fingerprint density at radius 3 is 2.60 bits per heavy atom. The summed E-state index contributed by atoms with van der Waals surface area (Å²) in [6.45, 7) is 1.55. The number of amides is 2. The van der Waals surface area contributed by atoms with Crippen molar-refractivity contribution in [3.63, 3.8) is 0 Å². The van der Waals surface area contributed by atoms with Gasteiger partial charge in [0.25, 0.3) is 5.91 Å². The van der Waals surface area contributed by atoms with Crippen molar-refractivity contribution in [1.29, 1.82) is 0 Å². The number of para-hydroxylation sites is 1. The Bertz CT molecular complexity index is 894. The Kier molecular flexibility index (Phi) is 6.02. The largest absolute Gasteiger partial charge is 0.496 e. The number of nitrogens with one attached hydrogen (secondary N) is 1. The van der Waals surface area contributed by atoms with Crippen LogP contribution in [0.4, 0.5) is 0 Å². The molecule has 2 aromatic rings. The summed E-state index contributed by atoms with van der Waals surface area (Å²) in [6.07, 6.45) is 8.71. The third-order valence-electron chi connectivity index (χ3n) is 6.67. The summed E-state index contributed by atoms with van der Waals surface area (Å²) < 4.78 is 5.40. The lowest BCUT2D eigenvalue weighted by molar-refractivity contribution is -0.128. The van der Waals surface area contributed by atoms with Crippen LogP contribution in [-0.4, -0.2) is 41.9 Å². The molecule has 30 heavy (non-hydrogen) atoms.